The zero-order valence-corrected chi connectivity index (χ0v) is 11.9. The van der Waals surface area contributed by atoms with Gasteiger partial charge >= 0.3 is 18.0 Å². The molecule has 3 aromatic rings. The Kier molecular flexibility index (Phi) is 3.80. The van der Waals surface area contributed by atoms with Gasteiger partial charge in [0.05, 0.1) is 17.7 Å². The largest absolute Gasteiger partial charge is 0.455 e. The van der Waals surface area contributed by atoms with Crippen LogP contribution in [0.4, 0.5) is 23.7 Å². The standard InChI is InChI=1S/C14H10F3N3O4/c15-14(16,17)10-5-4-7(23-10)6-18-12(21)19-8-2-1-3-9-11(8)24-13(22)20-9/h1-5H,6H2,(H,20,22)(H2,18,19,21). The van der Waals surface area contributed by atoms with Crippen LogP contribution in [0.3, 0.4) is 0 Å². The number of fused-ring (bicyclic) bond motifs is 1. The number of oxazole rings is 1. The molecule has 0 radical (unpaired) electrons. The number of amides is 2. The summed E-state index contributed by atoms with van der Waals surface area (Å²) in [5, 5.41) is 4.78. The number of furan rings is 1. The van der Waals surface area contributed by atoms with Crippen LogP contribution in [0.1, 0.15) is 11.5 Å². The second-order valence-corrected chi connectivity index (χ2v) is 4.77. The lowest BCUT2D eigenvalue weighted by Gasteiger charge is -2.06. The van der Waals surface area contributed by atoms with Crippen molar-refractivity contribution in [3.05, 3.63) is 52.4 Å². The van der Waals surface area contributed by atoms with Gasteiger partial charge in [0, 0.05) is 0 Å². The van der Waals surface area contributed by atoms with Crippen molar-refractivity contribution in [2.75, 3.05) is 5.32 Å². The van der Waals surface area contributed by atoms with E-state index in [-0.39, 0.29) is 23.6 Å². The fourth-order valence-electron chi connectivity index (χ4n) is 2.03. The molecule has 0 atom stereocenters. The Morgan fingerprint density at radius 3 is 2.67 bits per heavy atom. The van der Waals surface area contributed by atoms with Crippen molar-refractivity contribution in [3.63, 3.8) is 0 Å². The number of nitrogens with one attached hydrogen (secondary N) is 3. The molecule has 0 aliphatic heterocycles. The predicted octanol–water partition coefficient (Wildman–Crippen LogP) is 3.05. The van der Waals surface area contributed by atoms with Crippen LogP contribution in [0, 0.1) is 0 Å². The number of aromatic amines is 1. The van der Waals surface area contributed by atoms with E-state index in [1.165, 1.54) is 6.07 Å². The second kappa shape index (κ2) is 5.80. The first-order valence-corrected chi connectivity index (χ1v) is 6.65. The van der Waals surface area contributed by atoms with Crippen LogP contribution in [0.25, 0.3) is 11.1 Å². The third kappa shape index (κ3) is 3.26. The molecular weight excluding hydrogens is 331 g/mol. The quantitative estimate of drug-likeness (QED) is 0.681. The monoisotopic (exact) mass is 341 g/mol. The number of hydrogen-bond acceptors (Lipinski definition) is 4. The Balaban J connectivity index is 1.65. The lowest BCUT2D eigenvalue weighted by atomic mass is 10.3. The third-order valence-electron chi connectivity index (χ3n) is 3.06. The molecule has 0 aliphatic carbocycles. The molecule has 0 unspecified atom stereocenters. The van der Waals surface area contributed by atoms with Gasteiger partial charge in [-0.1, -0.05) is 6.07 Å². The summed E-state index contributed by atoms with van der Waals surface area (Å²) in [5.74, 6) is -1.86. The maximum Gasteiger partial charge on any atom is 0.449 e. The van der Waals surface area contributed by atoms with Crippen LogP contribution < -0.4 is 16.4 Å². The number of para-hydroxylation sites is 1. The highest BCUT2D eigenvalue weighted by molar-refractivity contribution is 5.97. The number of hydrogen-bond donors (Lipinski definition) is 3. The van der Waals surface area contributed by atoms with Crippen molar-refractivity contribution in [1.29, 1.82) is 0 Å². The van der Waals surface area contributed by atoms with Crippen molar-refractivity contribution in [2.45, 2.75) is 12.7 Å². The normalized spacial score (nSPS) is 11.6. The summed E-state index contributed by atoms with van der Waals surface area (Å²) >= 11 is 0. The van der Waals surface area contributed by atoms with Crippen molar-refractivity contribution < 1.29 is 26.8 Å². The summed E-state index contributed by atoms with van der Waals surface area (Å²) in [6.07, 6.45) is -4.58. The number of halogens is 3. The van der Waals surface area contributed by atoms with Gasteiger partial charge in [0.15, 0.2) is 5.58 Å². The SMILES string of the molecule is O=C(NCc1ccc(C(F)(F)F)o1)Nc1cccc2[nH]c(=O)oc12. The first kappa shape index (κ1) is 15.7. The van der Waals surface area contributed by atoms with E-state index in [9.17, 15) is 22.8 Å². The number of rotatable bonds is 3. The number of alkyl halides is 3. The zero-order chi connectivity index (χ0) is 17.3. The number of aromatic nitrogens is 1. The van der Waals surface area contributed by atoms with Gasteiger partial charge in [-0.15, -0.1) is 0 Å². The Bertz CT molecular complexity index is 939. The summed E-state index contributed by atoms with van der Waals surface area (Å²) in [7, 11) is 0. The smallest absolute Gasteiger partial charge is 0.449 e. The first-order valence-electron chi connectivity index (χ1n) is 6.65. The highest BCUT2D eigenvalue weighted by Crippen LogP contribution is 2.30. The molecule has 7 nitrogen and oxygen atoms in total. The van der Waals surface area contributed by atoms with Crippen LogP contribution >= 0.6 is 0 Å². The van der Waals surface area contributed by atoms with E-state index in [1.807, 2.05) is 0 Å². The maximum atomic E-state index is 12.4. The molecule has 126 valence electrons. The molecule has 24 heavy (non-hydrogen) atoms. The van der Waals surface area contributed by atoms with E-state index in [2.05, 4.69) is 20.0 Å². The fourth-order valence-corrected chi connectivity index (χ4v) is 2.03. The molecule has 0 aliphatic rings. The Morgan fingerprint density at radius 2 is 1.96 bits per heavy atom. The van der Waals surface area contributed by atoms with Crippen LogP contribution in [0.5, 0.6) is 0 Å². The molecular formula is C14H10F3N3O4. The van der Waals surface area contributed by atoms with E-state index in [4.69, 9.17) is 4.42 Å². The molecule has 10 heteroatoms. The minimum absolute atomic E-state index is 0.0520. The minimum Gasteiger partial charge on any atom is -0.455 e. The van der Waals surface area contributed by atoms with Gasteiger partial charge < -0.3 is 19.5 Å². The van der Waals surface area contributed by atoms with Crippen LogP contribution in [-0.2, 0) is 12.7 Å². The third-order valence-corrected chi connectivity index (χ3v) is 3.06. The Morgan fingerprint density at radius 1 is 1.17 bits per heavy atom. The topological polar surface area (TPSA) is 100 Å². The number of carbonyl (C=O) groups is 1. The second-order valence-electron chi connectivity index (χ2n) is 4.77. The van der Waals surface area contributed by atoms with Gasteiger partial charge in [-0.05, 0) is 24.3 Å². The highest BCUT2D eigenvalue weighted by Gasteiger charge is 2.34. The van der Waals surface area contributed by atoms with Gasteiger partial charge in [-0.3, -0.25) is 4.98 Å². The van der Waals surface area contributed by atoms with Crippen molar-refractivity contribution >= 4 is 22.8 Å². The van der Waals surface area contributed by atoms with Crippen molar-refractivity contribution in [3.8, 4) is 0 Å². The molecule has 0 spiro atoms. The number of carbonyl (C=O) groups excluding carboxylic acids is 1. The maximum absolute atomic E-state index is 12.4. The molecule has 2 amide bonds. The molecule has 0 bridgehead atoms. The van der Waals surface area contributed by atoms with Crippen molar-refractivity contribution in [2.24, 2.45) is 0 Å². The Labute approximate surface area is 131 Å². The van der Waals surface area contributed by atoms with Gasteiger partial charge in [0.25, 0.3) is 0 Å². The molecule has 1 aromatic carbocycles. The average Bonchev–Trinajstić information content (AvgIpc) is 3.10. The van der Waals surface area contributed by atoms with Gasteiger partial charge in [-0.25, -0.2) is 9.59 Å². The number of benzene rings is 1. The number of anilines is 1. The van der Waals surface area contributed by atoms with Crippen LogP contribution in [0.15, 0.2) is 44.0 Å². The molecule has 0 saturated carbocycles. The number of urea groups is 1. The van der Waals surface area contributed by atoms with E-state index in [0.29, 0.717) is 5.52 Å². The average molecular weight is 341 g/mol. The molecule has 3 N–H and O–H groups in total. The molecule has 3 rings (SSSR count). The van der Waals surface area contributed by atoms with E-state index < -0.39 is 23.7 Å². The first-order chi connectivity index (χ1) is 11.3. The molecule has 0 fully saturated rings. The predicted molar refractivity (Wildman–Crippen MR) is 76.4 cm³/mol. The Hall–Kier alpha value is -3.17. The van der Waals surface area contributed by atoms with E-state index in [0.717, 1.165) is 12.1 Å². The summed E-state index contributed by atoms with van der Waals surface area (Å²) < 4.78 is 46.7. The van der Waals surface area contributed by atoms with E-state index >= 15 is 0 Å². The summed E-state index contributed by atoms with van der Waals surface area (Å²) in [6, 6.07) is 5.89. The zero-order valence-electron chi connectivity index (χ0n) is 11.9. The van der Waals surface area contributed by atoms with Gasteiger partial charge in [-0.2, -0.15) is 13.2 Å². The van der Waals surface area contributed by atoms with Gasteiger partial charge in [0.1, 0.15) is 5.76 Å². The van der Waals surface area contributed by atoms with E-state index in [1.54, 1.807) is 12.1 Å². The van der Waals surface area contributed by atoms with Crippen molar-refractivity contribution in [1.82, 2.24) is 10.3 Å². The molecule has 2 aromatic heterocycles. The lowest BCUT2D eigenvalue weighted by molar-refractivity contribution is -0.153. The van der Waals surface area contributed by atoms with Crippen LogP contribution in [0.2, 0.25) is 0 Å². The summed E-state index contributed by atoms with van der Waals surface area (Å²) in [6.45, 7) is -0.241. The minimum atomic E-state index is -4.58. The number of H-pyrrole nitrogens is 1. The highest BCUT2D eigenvalue weighted by atomic mass is 19.4. The molecule has 2 heterocycles. The fraction of sp³-hybridized carbons (Fsp3) is 0.143. The summed E-state index contributed by atoms with van der Waals surface area (Å²) in [4.78, 5) is 25.4. The van der Waals surface area contributed by atoms with Gasteiger partial charge in [0.2, 0.25) is 5.76 Å². The summed E-state index contributed by atoms with van der Waals surface area (Å²) in [5.41, 5.74) is 0.799. The molecule has 0 saturated heterocycles. The van der Waals surface area contributed by atoms with Crippen LogP contribution in [-0.4, -0.2) is 11.0 Å². The lowest BCUT2D eigenvalue weighted by Crippen LogP contribution is -2.28.